The van der Waals surface area contributed by atoms with Crippen molar-refractivity contribution < 1.29 is 4.74 Å². The normalized spacial score (nSPS) is 13.5. The van der Waals surface area contributed by atoms with E-state index in [9.17, 15) is 0 Å². The van der Waals surface area contributed by atoms with Crippen molar-refractivity contribution in [3.63, 3.8) is 0 Å². The van der Waals surface area contributed by atoms with Gasteiger partial charge in [0.2, 0.25) is 0 Å². The summed E-state index contributed by atoms with van der Waals surface area (Å²) >= 11 is 1.45. The minimum absolute atomic E-state index is 0.206. The molecule has 0 aliphatic carbocycles. The summed E-state index contributed by atoms with van der Waals surface area (Å²) in [6, 6.07) is 0.206. The van der Waals surface area contributed by atoms with Crippen molar-refractivity contribution in [2.24, 2.45) is 0 Å². The Morgan fingerprint density at radius 2 is 2.21 bits per heavy atom. The number of hydrogen-bond donors (Lipinski definition) is 1. The van der Waals surface area contributed by atoms with Crippen LogP contribution in [0.15, 0.2) is 0 Å². The zero-order chi connectivity index (χ0) is 10.6. The van der Waals surface area contributed by atoms with Crippen LogP contribution in [0.1, 0.15) is 36.4 Å². The van der Waals surface area contributed by atoms with Crippen LogP contribution in [0.25, 0.3) is 0 Å². The average molecular weight is 215 g/mol. The number of aromatic nitrogens is 2. The van der Waals surface area contributed by atoms with Crippen LogP contribution in [0.5, 0.6) is 0 Å². The number of likely N-dealkylation sites (N-methyl/N-ethyl adjacent to an activating group) is 1. The molecule has 4 nitrogen and oxygen atoms in total. The second-order valence-corrected chi connectivity index (χ2v) is 4.26. The van der Waals surface area contributed by atoms with Gasteiger partial charge in [0.25, 0.3) is 0 Å². The third-order valence-corrected chi connectivity index (χ3v) is 2.94. The summed E-state index contributed by atoms with van der Waals surface area (Å²) in [5, 5.41) is 7.35. The molecule has 1 aromatic heterocycles. The van der Waals surface area contributed by atoms with Gasteiger partial charge in [0.05, 0.1) is 23.2 Å². The highest BCUT2D eigenvalue weighted by atomic mass is 32.1. The van der Waals surface area contributed by atoms with E-state index in [1.807, 2.05) is 7.05 Å². The van der Waals surface area contributed by atoms with Crippen molar-refractivity contribution in [2.75, 3.05) is 20.8 Å². The first-order valence-corrected chi connectivity index (χ1v) is 5.46. The fraction of sp³-hybridized carbons (Fsp3) is 0.778. The molecule has 5 heteroatoms. The van der Waals surface area contributed by atoms with E-state index in [2.05, 4.69) is 28.8 Å². The van der Waals surface area contributed by atoms with Crippen LogP contribution in [-0.2, 0) is 4.74 Å². The summed E-state index contributed by atoms with van der Waals surface area (Å²) in [5.41, 5.74) is 1.08. The highest BCUT2D eigenvalue weighted by molar-refractivity contribution is 7.05. The largest absolute Gasteiger partial charge is 0.383 e. The molecule has 0 radical (unpaired) electrons. The van der Waals surface area contributed by atoms with E-state index in [-0.39, 0.29) is 6.04 Å². The second-order valence-electron chi connectivity index (χ2n) is 3.47. The van der Waals surface area contributed by atoms with Crippen LogP contribution in [0.2, 0.25) is 0 Å². The molecule has 0 bridgehead atoms. The van der Waals surface area contributed by atoms with Gasteiger partial charge in [-0.15, -0.1) is 5.10 Å². The number of nitrogens with zero attached hydrogens (tertiary/aromatic N) is 2. The summed E-state index contributed by atoms with van der Waals surface area (Å²) in [6.45, 7) is 4.90. The topological polar surface area (TPSA) is 47.0 Å². The fourth-order valence-corrected chi connectivity index (χ4v) is 2.20. The molecule has 1 rings (SSSR count). The van der Waals surface area contributed by atoms with E-state index in [4.69, 9.17) is 4.74 Å². The predicted octanol–water partition coefficient (Wildman–Crippen LogP) is 1.57. The average Bonchev–Trinajstić information content (AvgIpc) is 2.62. The molecule has 0 aliphatic heterocycles. The van der Waals surface area contributed by atoms with Gasteiger partial charge < -0.3 is 10.1 Å². The molecule has 1 N–H and O–H groups in total. The number of methoxy groups -OCH3 is 1. The summed E-state index contributed by atoms with van der Waals surface area (Å²) in [6.07, 6.45) is 0. The molecule has 1 heterocycles. The summed E-state index contributed by atoms with van der Waals surface area (Å²) in [7, 11) is 3.63. The van der Waals surface area contributed by atoms with Gasteiger partial charge in [-0.3, -0.25) is 0 Å². The van der Waals surface area contributed by atoms with Crippen molar-refractivity contribution in [2.45, 2.75) is 25.8 Å². The van der Waals surface area contributed by atoms with Gasteiger partial charge in [-0.05, 0) is 24.5 Å². The second kappa shape index (κ2) is 5.38. The zero-order valence-electron chi connectivity index (χ0n) is 9.07. The number of rotatable bonds is 5. The van der Waals surface area contributed by atoms with Gasteiger partial charge in [-0.25, -0.2) is 0 Å². The summed E-state index contributed by atoms with van der Waals surface area (Å²) in [5.74, 6) is 0.413. The lowest BCUT2D eigenvalue weighted by Gasteiger charge is -2.14. The van der Waals surface area contributed by atoms with Gasteiger partial charge in [-0.1, -0.05) is 18.3 Å². The minimum atomic E-state index is 0.206. The van der Waals surface area contributed by atoms with Gasteiger partial charge in [-0.2, -0.15) is 0 Å². The quantitative estimate of drug-likeness (QED) is 0.810. The van der Waals surface area contributed by atoms with Crippen molar-refractivity contribution in [3.05, 3.63) is 10.6 Å². The molecule has 0 amide bonds. The number of nitrogens with one attached hydrogen (secondary N) is 1. The van der Waals surface area contributed by atoms with E-state index < -0.39 is 0 Å². The van der Waals surface area contributed by atoms with Crippen LogP contribution in [-0.4, -0.2) is 30.4 Å². The molecule has 1 aromatic rings. The highest BCUT2D eigenvalue weighted by Crippen LogP contribution is 2.25. The Balaban J connectivity index is 2.86. The maximum Gasteiger partial charge on any atom is 0.0829 e. The molecule has 0 spiro atoms. The fourth-order valence-electron chi connectivity index (χ4n) is 1.30. The third-order valence-electron chi connectivity index (χ3n) is 2.09. The molecule has 0 aromatic carbocycles. The first-order valence-electron chi connectivity index (χ1n) is 4.69. The van der Waals surface area contributed by atoms with Crippen molar-refractivity contribution in [1.82, 2.24) is 14.9 Å². The lowest BCUT2D eigenvalue weighted by Crippen LogP contribution is -2.21. The lowest BCUT2D eigenvalue weighted by molar-refractivity contribution is 0.171. The molecule has 0 saturated carbocycles. The molecular formula is C9H17N3OS. The van der Waals surface area contributed by atoms with Gasteiger partial charge >= 0.3 is 0 Å². The Morgan fingerprint density at radius 1 is 1.50 bits per heavy atom. The van der Waals surface area contributed by atoms with E-state index in [0.717, 1.165) is 5.69 Å². The van der Waals surface area contributed by atoms with Gasteiger partial charge in [0.1, 0.15) is 0 Å². The first kappa shape index (κ1) is 11.6. The monoisotopic (exact) mass is 215 g/mol. The van der Waals surface area contributed by atoms with E-state index in [0.29, 0.717) is 12.5 Å². The van der Waals surface area contributed by atoms with Crippen molar-refractivity contribution >= 4 is 11.5 Å². The molecular weight excluding hydrogens is 198 g/mol. The SMILES string of the molecule is CNC(COC)c1snnc1C(C)C. The Kier molecular flexibility index (Phi) is 4.44. The number of hydrogen-bond acceptors (Lipinski definition) is 5. The third kappa shape index (κ3) is 2.50. The number of ether oxygens (including phenoxy) is 1. The lowest BCUT2D eigenvalue weighted by atomic mass is 10.1. The maximum atomic E-state index is 5.14. The predicted molar refractivity (Wildman–Crippen MR) is 57.7 cm³/mol. The van der Waals surface area contributed by atoms with Crippen molar-refractivity contribution in [1.29, 1.82) is 0 Å². The van der Waals surface area contributed by atoms with Gasteiger partial charge in [0, 0.05) is 7.11 Å². The van der Waals surface area contributed by atoms with Crippen LogP contribution in [0.4, 0.5) is 0 Å². The van der Waals surface area contributed by atoms with Crippen LogP contribution < -0.4 is 5.32 Å². The Morgan fingerprint density at radius 3 is 2.71 bits per heavy atom. The van der Waals surface area contributed by atoms with Crippen LogP contribution in [0.3, 0.4) is 0 Å². The van der Waals surface area contributed by atoms with E-state index in [1.54, 1.807) is 7.11 Å². The van der Waals surface area contributed by atoms with E-state index in [1.165, 1.54) is 16.4 Å². The summed E-state index contributed by atoms with van der Waals surface area (Å²) < 4.78 is 9.13. The molecule has 14 heavy (non-hydrogen) atoms. The highest BCUT2D eigenvalue weighted by Gasteiger charge is 2.19. The van der Waals surface area contributed by atoms with Crippen molar-refractivity contribution in [3.8, 4) is 0 Å². The Labute approximate surface area is 88.8 Å². The summed E-state index contributed by atoms with van der Waals surface area (Å²) in [4.78, 5) is 1.18. The van der Waals surface area contributed by atoms with E-state index >= 15 is 0 Å². The molecule has 0 fully saturated rings. The zero-order valence-corrected chi connectivity index (χ0v) is 9.89. The molecule has 0 saturated heterocycles. The smallest absolute Gasteiger partial charge is 0.0829 e. The molecule has 1 atom stereocenters. The van der Waals surface area contributed by atoms with Crippen LogP contribution >= 0.6 is 11.5 Å². The Hall–Kier alpha value is -0.520. The molecule has 0 aliphatic rings. The van der Waals surface area contributed by atoms with Gasteiger partial charge in [0.15, 0.2) is 0 Å². The maximum absolute atomic E-state index is 5.14. The Bertz CT molecular complexity index is 275. The minimum Gasteiger partial charge on any atom is -0.383 e. The first-order chi connectivity index (χ1) is 6.70. The molecule has 80 valence electrons. The standard InChI is InChI=1S/C9H17N3OS/c1-6(2)8-9(14-12-11-8)7(10-3)5-13-4/h6-7,10H,5H2,1-4H3. The van der Waals surface area contributed by atoms with Crippen LogP contribution in [0, 0.1) is 0 Å². The molecule has 1 unspecified atom stereocenters.